The second kappa shape index (κ2) is 7.24. The Balaban J connectivity index is 2.40. The fourth-order valence-electron chi connectivity index (χ4n) is 2.03. The molecule has 0 bridgehead atoms. The summed E-state index contributed by atoms with van der Waals surface area (Å²) in [5, 5.41) is 5.55. The van der Waals surface area contributed by atoms with Crippen molar-refractivity contribution in [2.75, 3.05) is 13.1 Å². The van der Waals surface area contributed by atoms with Crippen LogP contribution in [0.1, 0.15) is 46.5 Å². The molecule has 18 heavy (non-hydrogen) atoms. The standard InChI is InChI=1S/C13H25N3O2/c1-10(2)14-12(17)11(3)15-13(18)16-8-6-4-5-7-9-16/h10-11H,4-9H2,1-3H3,(H,14,17)(H,15,18). The van der Waals surface area contributed by atoms with Crippen LogP contribution in [0.4, 0.5) is 4.79 Å². The monoisotopic (exact) mass is 255 g/mol. The highest BCUT2D eigenvalue weighted by Crippen LogP contribution is 2.09. The number of nitrogens with zero attached hydrogens (tertiary/aromatic N) is 1. The third kappa shape index (κ3) is 4.94. The topological polar surface area (TPSA) is 61.4 Å². The van der Waals surface area contributed by atoms with E-state index in [1.807, 2.05) is 18.7 Å². The van der Waals surface area contributed by atoms with E-state index < -0.39 is 6.04 Å². The molecular formula is C13H25N3O2. The fourth-order valence-corrected chi connectivity index (χ4v) is 2.03. The van der Waals surface area contributed by atoms with Crippen molar-refractivity contribution < 1.29 is 9.59 Å². The Hall–Kier alpha value is -1.26. The average Bonchev–Trinajstić information content (AvgIpc) is 2.56. The summed E-state index contributed by atoms with van der Waals surface area (Å²) in [5.74, 6) is -0.131. The molecule has 5 nitrogen and oxygen atoms in total. The number of hydrogen-bond donors (Lipinski definition) is 2. The highest BCUT2D eigenvalue weighted by atomic mass is 16.2. The molecular weight excluding hydrogens is 230 g/mol. The van der Waals surface area contributed by atoms with Gasteiger partial charge in [-0.3, -0.25) is 4.79 Å². The van der Waals surface area contributed by atoms with Crippen LogP contribution in [0.5, 0.6) is 0 Å². The second-order valence-corrected chi connectivity index (χ2v) is 5.24. The maximum Gasteiger partial charge on any atom is 0.318 e. The molecule has 0 aromatic rings. The number of rotatable bonds is 3. The van der Waals surface area contributed by atoms with Crippen LogP contribution in [0.15, 0.2) is 0 Å². The second-order valence-electron chi connectivity index (χ2n) is 5.24. The molecule has 1 aliphatic rings. The Morgan fingerprint density at radius 1 is 0.944 bits per heavy atom. The molecule has 1 aliphatic heterocycles. The molecule has 0 aliphatic carbocycles. The minimum atomic E-state index is -0.483. The van der Waals surface area contributed by atoms with E-state index in [4.69, 9.17) is 0 Å². The number of carbonyl (C=O) groups is 2. The van der Waals surface area contributed by atoms with Crippen LogP contribution in [0.3, 0.4) is 0 Å². The van der Waals surface area contributed by atoms with Crippen LogP contribution in [0, 0.1) is 0 Å². The third-order valence-electron chi connectivity index (χ3n) is 3.06. The zero-order valence-corrected chi connectivity index (χ0v) is 11.7. The Bertz CT molecular complexity index is 284. The van der Waals surface area contributed by atoms with Crippen molar-refractivity contribution in [3.05, 3.63) is 0 Å². The number of hydrogen-bond acceptors (Lipinski definition) is 2. The SMILES string of the molecule is CC(C)NC(=O)C(C)NC(=O)N1CCCCCC1. The van der Waals surface area contributed by atoms with E-state index in [-0.39, 0.29) is 18.0 Å². The van der Waals surface area contributed by atoms with Crippen LogP contribution in [0.2, 0.25) is 0 Å². The minimum absolute atomic E-state index is 0.0926. The lowest BCUT2D eigenvalue weighted by Gasteiger charge is -2.23. The Labute approximate surface area is 109 Å². The molecule has 0 aromatic carbocycles. The van der Waals surface area contributed by atoms with Crippen LogP contribution in [-0.4, -0.2) is 42.0 Å². The first-order chi connectivity index (χ1) is 8.50. The zero-order chi connectivity index (χ0) is 13.5. The molecule has 2 N–H and O–H groups in total. The van der Waals surface area contributed by atoms with Gasteiger partial charge in [0.1, 0.15) is 6.04 Å². The molecule has 1 saturated heterocycles. The lowest BCUT2D eigenvalue weighted by molar-refractivity contribution is -0.123. The number of carbonyl (C=O) groups excluding carboxylic acids is 2. The molecule has 3 amide bonds. The van der Waals surface area contributed by atoms with Gasteiger partial charge in [0, 0.05) is 19.1 Å². The predicted octanol–water partition coefficient (Wildman–Crippen LogP) is 1.49. The highest BCUT2D eigenvalue weighted by Gasteiger charge is 2.20. The molecule has 0 saturated carbocycles. The highest BCUT2D eigenvalue weighted by molar-refractivity contribution is 5.86. The van der Waals surface area contributed by atoms with Gasteiger partial charge in [0.15, 0.2) is 0 Å². The van der Waals surface area contributed by atoms with Crippen molar-refractivity contribution in [1.29, 1.82) is 0 Å². The maximum atomic E-state index is 12.0. The van der Waals surface area contributed by atoms with Crippen molar-refractivity contribution in [3.8, 4) is 0 Å². The summed E-state index contributed by atoms with van der Waals surface area (Å²) in [6.07, 6.45) is 4.49. The molecule has 1 heterocycles. The van der Waals surface area contributed by atoms with E-state index >= 15 is 0 Å². The quantitative estimate of drug-likeness (QED) is 0.802. The number of nitrogens with one attached hydrogen (secondary N) is 2. The van der Waals surface area contributed by atoms with Crippen LogP contribution < -0.4 is 10.6 Å². The third-order valence-corrected chi connectivity index (χ3v) is 3.06. The summed E-state index contributed by atoms with van der Waals surface area (Å²) in [5.41, 5.74) is 0. The molecule has 0 aromatic heterocycles. The van der Waals surface area contributed by atoms with Gasteiger partial charge >= 0.3 is 6.03 Å². The average molecular weight is 255 g/mol. The summed E-state index contributed by atoms with van der Waals surface area (Å²) in [7, 11) is 0. The van der Waals surface area contributed by atoms with E-state index in [1.165, 1.54) is 12.8 Å². The van der Waals surface area contributed by atoms with Gasteiger partial charge in [0.25, 0.3) is 0 Å². The minimum Gasteiger partial charge on any atom is -0.352 e. The largest absolute Gasteiger partial charge is 0.352 e. The van der Waals surface area contributed by atoms with Gasteiger partial charge in [-0.15, -0.1) is 0 Å². The molecule has 1 atom stereocenters. The van der Waals surface area contributed by atoms with Gasteiger partial charge in [-0.05, 0) is 33.6 Å². The van der Waals surface area contributed by atoms with Gasteiger partial charge in [0.05, 0.1) is 0 Å². The number of likely N-dealkylation sites (tertiary alicyclic amines) is 1. The molecule has 0 radical (unpaired) electrons. The Morgan fingerprint density at radius 2 is 1.50 bits per heavy atom. The summed E-state index contributed by atoms with van der Waals surface area (Å²) >= 11 is 0. The molecule has 5 heteroatoms. The first-order valence-electron chi connectivity index (χ1n) is 6.86. The van der Waals surface area contributed by atoms with Crippen molar-refractivity contribution in [1.82, 2.24) is 15.5 Å². The van der Waals surface area contributed by atoms with Crippen molar-refractivity contribution in [2.24, 2.45) is 0 Å². The molecule has 1 fully saturated rings. The van der Waals surface area contributed by atoms with Crippen LogP contribution in [-0.2, 0) is 4.79 Å². The molecule has 1 unspecified atom stereocenters. The van der Waals surface area contributed by atoms with E-state index in [2.05, 4.69) is 10.6 Å². The number of urea groups is 1. The van der Waals surface area contributed by atoms with E-state index in [0.29, 0.717) is 0 Å². The lowest BCUT2D eigenvalue weighted by atomic mass is 10.2. The lowest BCUT2D eigenvalue weighted by Crippen LogP contribution is -2.51. The normalized spacial score (nSPS) is 18.1. The maximum absolute atomic E-state index is 12.0. The fraction of sp³-hybridized carbons (Fsp3) is 0.846. The van der Waals surface area contributed by atoms with Crippen molar-refractivity contribution in [2.45, 2.75) is 58.5 Å². The summed E-state index contributed by atoms with van der Waals surface area (Å²) in [4.78, 5) is 25.5. The first-order valence-corrected chi connectivity index (χ1v) is 6.86. The number of amides is 3. The van der Waals surface area contributed by atoms with Gasteiger partial charge in [-0.2, -0.15) is 0 Å². The zero-order valence-electron chi connectivity index (χ0n) is 11.7. The van der Waals surface area contributed by atoms with Crippen LogP contribution in [0.25, 0.3) is 0 Å². The van der Waals surface area contributed by atoms with Gasteiger partial charge in [0.2, 0.25) is 5.91 Å². The Kier molecular flexibility index (Phi) is 5.95. The van der Waals surface area contributed by atoms with E-state index in [1.54, 1.807) is 6.92 Å². The Morgan fingerprint density at radius 3 is 2.00 bits per heavy atom. The summed E-state index contributed by atoms with van der Waals surface area (Å²) < 4.78 is 0. The van der Waals surface area contributed by atoms with Gasteiger partial charge < -0.3 is 15.5 Å². The van der Waals surface area contributed by atoms with Crippen molar-refractivity contribution in [3.63, 3.8) is 0 Å². The van der Waals surface area contributed by atoms with Gasteiger partial charge in [-0.25, -0.2) is 4.79 Å². The molecule has 1 rings (SSSR count). The van der Waals surface area contributed by atoms with Crippen molar-refractivity contribution >= 4 is 11.9 Å². The summed E-state index contributed by atoms with van der Waals surface area (Å²) in [6.45, 7) is 7.12. The molecule has 0 spiro atoms. The smallest absolute Gasteiger partial charge is 0.318 e. The van der Waals surface area contributed by atoms with Crippen LogP contribution >= 0.6 is 0 Å². The van der Waals surface area contributed by atoms with Gasteiger partial charge in [-0.1, -0.05) is 12.8 Å². The summed E-state index contributed by atoms with van der Waals surface area (Å²) in [6, 6.07) is -0.513. The van der Waals surface area contributed by atoms with E-state index in [0.717, 1.165) is 25.9 Å². The first kappa shape index (κ1) is 14.8. The predicted molar refractivity (Wildman–Crippen MR) is 71.3 cm³/mol. The van der Waals surface area contributed by atoms with E-state index in [9.17, 15) is 9.59 Å². The molecule has 104 valence electrons.